The molecule has 0 aliphatic carbocycles. The van der Waals surface area contributed by atoms with E-state index in [0.717, 1.165) is 11.3 Å². The molecule has 1 amide bonds. The van der Waals surface area contributed by atoms with Crippen molar-refractivity contribution in [2.75, 3.05) is 6.61 Å². The van der Waals surface area contributed by atoms with Crippen LogP contribution in [0.15, 0.2) is 36.4 Å². The van der Waals surface area contributed by atoms with Gasteiger partial charge in [-0.3, -0.25) is 4.79 Å². The molecule has 0 fully saturated rings. The Balaban J connectivity index is 2.29. The molecule has 0 bridgehead atoms. The number of nitrogens with zero attached hydrogens (tertiary/aromatic N) is 2. The first-order valence-corrected chi connectivity index (χ1v) is 5.47. The predicted octanol–water partition coefficient (Wildman–Crippen LogP) is 1.32. The molecular weight excluding hydrogens is 230 g/mol. The minimum atomic E-state index is -0.535. The Kier molecular flexibility index (Phi) is 3.52. The summed E-state index contributed by atoms with van der Waals surface area (Å²) in [5.74, 6) is 0.378. The summed E-state index contributed by atoms with van der Waals surface area (Å²) in [6.45, 7) is 1.65. The number of rotatable bonds is 4. The van der Waals surface area contributed by atoms with E-state index >= 15 is 0 Å². The van der Waals surface area contributed by atoms with E-state index in [4.69, 9.17) is 10.5 Å². The van der Waals surface area contributed by atoms with E-state index in [-0.39, 0.29) is 6.61 Å². The lowest BCUT2D eigenvalue weighted by molar-refractivity contribution is -0.120. The number of ether oxygens (including phenoxy) is 1. The number of primary amides is 1. The molecule has 0 radical (unpaired) electrons. The molecule has 0 saturated carbocycles. The first-order valence-electron chi connectivity index (χ1n) is 5.47. The van der Waals surface area contributed by atoms with Gasteiger partial charge in [0.05, 0.1) is 0 Å². The van der Waals surface area contributed by atoms with Gasteiger partial charge in [0.15, 0.2) is 12.4 Å². The lowest BCUT2D eigenvalue weighted by Crippen LogP contribution is -2.20. The summed E-state index contributed by atoms with van der Waals surface area (Å²) in [6.07, 6.45) is 0. The lowest BCUT2D eigenvalue weighted by atomic mass is 10.2. The van der Waals surface area contributed by atoms with Crippen molar-refractivity contribution >= 4 is 5.91 Å². The summed E-state index contributed by atoms with van der Waals surface area (Å²) in [5.41, 5.74) is 6.68. The molecule has 1 heterocycles. The second kappa shape index (κ2) is 5.27. The van der Waals surface area contributed by atoms with E-state index in [0.29, 0.717) is 11.7 Å². The van der Waals surface area contributed by atoms with Crippen molar-refractivity contribution < 1.29 is 9.53 Å². The van der Waals surface area contributed by atoms with Crippen LogP contribution in [0.3, 0.4) is 0 Å². The van der Waals surface area contributed by atoms with Gasteiger partial charge in [-0.15, -0.1) is 0 Å². The fraction of sp³-hybridized carbons (Fsp3) is 0.154. The van der Waals surface area contributed by atoms with Gasteiger partial charge in [0.25, 0.3) is 5.91 Å². The second-order valence-electron chi connectivity index (χ2n) is 3.79. The number of benzene rings is 1. The van der Waals surface area contributed by atoms with Gasteiger partial charge in [-0.2, -0.15) is 4.98 Å². The van der Waals surface area contributed by atoms with Crippen molar-refractivity contribution in [1.29, 1.82) is 0 Å². The Morgan fingerprint density at radius 1 is 1.28 bits per heavy atom. The molecule has 2 rings (SSSR count). The highest BCUT2D eigenvalue weighted by molar-refractivity contribution is 5.75. The van der Waals surface area contributed by atoms with Gasteiger partial charge in [-0.1, -0.05) is 30.3 Å². The van der Waals surface area contributed by atoms with E-state index in [2.05, 4.69) is 9.97 Å². The minimum Gasteiger partial charge on any atom is -0.467 e. The zero-order valence-electron chi connectivity index (χ0n) is 9.96. The van der Waals surface area contributed by atoms with Crippen LogP contribution in [0.1, 0.15) is 5.69 Å². The quantitative estimate of drug-likeness (QED) is 0.878. The number of hydrogen-bond donors (Lipinski definition) is 1. The fourth-order valence-electron chi connectivity index (χ4n) is 1.48. The Labute approximate surface area is 105 Å². The maximum atomic E-state index is 10.7. The summed E-state index contributed by atoms with van der Waals surface area (Å²) < 4.78 is 5.18. The van der Waals surface area contributed by atoms with Crippen LogP contribution < -0.4 is 10.5 Å². The van der Waals surface area contributed by atoms with E-state index in [9.17, 15) is 4.79 Å². The smallest absolute Gasteiger partial charge is 0.255 e. The van der Waals surface area contributed by atoms with Crippen molar-refractivity contribution in [2.45, 2.75) is 6.92 Å². The van der Waals surface area contributed by atoms with Gasteiger partial charge in [-0.05, 0) is 6.92 Å². The van der Waals surface area contributed by atoms with E-state index in [1.165, 1.54) is 0 Å². The first-order chi connectivity index (χ1) is 8.65. The number of hydrogen-bond acceptors (Lipinski definition) is 4. The Hall–Kier alpha value is -2.43. The predicted molar refractivity (Wildman–Crippen MR) is 66.9 cm³/mol. The average Bonchev–Trinajstić information content (AvgIpc) is 2.37. The van der Waals surface area contributed by atoms with Gasteiger partial charge in [0.2, 0.25) is 5.88 Å². The van der Waals surface area contributed by atoms with Gasteiger partial charge in [0.1, 0.15) is 0 Å². The molecule has 5 nitrogen and oxygen atoms in total. The number of nitrogens with two attached hydrogens (primary N) is 1. The molecule has 18 heavy (non-hydrogen) atoms. The molecule has 0 atom stereocenters. The van der Waals surface area contributed by atoms with Crippen LogP contribution >= 0.6 is 0 Å². The number of aromatic nitrogens is 2. The Morgan fingerprint density at radius 2 is 2.00 bits per heavy atom. The number of carbonyl (C=O) groups is 1. The Morgan fingerprint density at radius 3 is 2.67 bits per heavy atom. The molecule has 0 unspecified atom stereocenters. The third-order valence-corrected chi connectivity index (χ3v) is 2.23. The SMILES string of the molecule is Cc1cc(OCC(N)=O)nc(-c2ccccc2)n1. The molecule has 0 aliphatic rings. The summed E-state index contributed by atoms with van der Waals surface area (Å²) in [4.78, 5) is 19.2. The van der Waals surface area contributed by atoms with E-state index in [1.807, 2.05) is 37.3 Å². The second-order valence-corrected chi connectivity index (χ2v) is 3.79. The standard InChI is InChI=1S/C13H13N3O2/c1-9-7-12(18-8-11(14)17)16-13(15-9)10-5-3-2-4-6-10/h2-7H,8H2,1H3,(H2,14,17). The van der Waals surface area contributed by atoms with E-state index < -0.39 is 5.91 Å². The van der Waals surface area contributed by atoms with Crippen LogP contribution in [0.2, 0.25) is 0 Å². The topological polar surface area (TPSA) is 78.1 Å². The third-order valence-electron chi connectivity index (χ3n) is 2.23. The monoisotopic (exact) mass is 243 g/mol. The minimum absolute atomic E-state index is 0.190. The van der Waals surface area contributed by atoms with Crippen LogP contribution in [0, 0.1) is 6.92 Å². The van der Waals surface area contributed by atoms with Gasteiger partial charge in [0, 0.05) is 17.3 Å². The normalized spacial score (nSPS) is 10.1. The largest absolute Gasteiger partial charge is 0.467 e. The van der Waals surface area contributed by atoms with Crippen molar-refractivity contribution in [3.63, 3.8) is 0 Å². The van der Waals surface area contributed by atoms with Gasteiger partial charge >= 0.3 is 0 Å². The van der Waals surface area contributed by atoms with Crippen LogP contribution in [0.4, 0.5) is 0 Å². The lowest BCUT2D eigenvalue weighted by Gasteiger charge is -2.06. The number of carbonyl (C=O) groups excluding carboxylic acids is 1. The first kappa shape index (κ1) is 12.0. The summed E-state index contributed by atoms with van der Waals surface area (Å²) in [5, 5.41) is 0. The number of aryl methyl sites for hydroxylation is 1. The summed E-state index contributed by atoms with van der Waals surface area (Å²) >= 11 is 0. The van der Waals surface area contributed by atoms with Gasteiger partial charge < -0.3 is 10.5 Å². The summed E-state index contributed by atoms with van der Waals surface area (Å²) in [6, 6.07) is 11.2. The number of amides is 1. The van der Waals surface area contributed by atoms with Crippen molar-refractivity contribution in [3.05, 3.63) is 42.1 Å². The maximum Gasteiger partial charge on any atom is 0.255 e. The molecule has 2 N–H and O–H groups in total. The highest BCUT2D eigenvalue weighted by atomic mass is 16.5. The van der Waals surface area contributed by atoms with Crippen LogP contribution in [0.5, 0.6) is 5.88 Å². The zero-order chi connectivity index (χ0) is 13.0. The molecule has 1 aromatic heterocycles. The van der Waals surface area contributed by atoms with Gasteiger partial charge in [-0.25, -0.2) is 4.98 Å². The zero-order valence-corrected chi connectivity index (χ0v) is 9.96. The molecule has 92 valence electrons. The molecular formula is C13H13N3O2. The molecule has 0 saturated heterocycles. The van der Waals surface area contributed by atoms with Crippen LogP contribution in [-0.2, 0) is 4.79 Å². The molecule has 0 spiro atoms. The molecule has 1 aromatic carbocycles. The van der Waals surface area contributed by atoms with E-state index in [1.54, 1.807) is 6.07 Å². The summed E-state index contributed by atoms with van der Waals surface area (Å²) in [7, 11) is 0. The van der Waals surface area contributed by atoms with Crippen molar-refractivity contribution in [3.8, 4) is 17.3 Å². The molecule has 2 aromatic rings. The van der Waals surface area contributed by atoms with Crippen LogP contribution in [-0.4, -0.2) is 22.5 Å². The Bertz CT molecular complexity index is 555. The molecule has 0 aliphatic heterocycles. The maximum absolute atomic E-state index is 10.7. The highest BCUT2D eigenvalue weighted by Gasteiger charge is 2.06. The van der Waals surface area contributed by atoms with Crippen molar-refractivity contribution in [1.82, 2.24) is 9.97 Å². The fourth-order valence-corrected chi connectivity index (χ4v) is 1.48. The third kappa shape index (κ3) is 3.04. The van der Waals surface area contributed by atoms with Crippen LogP contribution in [0.25, 0.3) is 11.4 Å². The molecule has 5 heteroatoms. The highest BCUT2D eigenvalue weighted by Crippen LogP contribution is 2.18. The van der Waals surface area contributed by atoms with Crippen molar-refractivity contribution in [2.24, 2.45) is 5.73 Å². The average molecular weight is 243 g/mol.